The molecule has 3 N–H and O–H groups in total. The molecule has 4 aromatic heterocycles. The van der Waals surface area contributed by atoms with Crippen molar-refractivity contribution in [1.29, 1.82) is 5.26 Å². The van der Waals surface area contributed by atoms with E-state index in [2.05, 4.69) is 35.3 Å². The zero-order chi connectivity index (χ0) is 29.4. The maximum atomic E-state index is 15.0. The van der Waals surface area contributed by atoms with Gasteiger partial charge in [0, 0.05) is 5.56 Å². The number of hydrogen-bond donors (Lipinski definition) is 2. The zero-order valence-corrected chi connectivity index (χ0v) is 20.9. The summed E-state index contributed by atoms with van der Waals surface area (Å²) in [6.07, 6.45) is -2.18. The minimum Gasteiger partial charge on any atom is -0.388 e. The lowest BCUT2D eigenvalue weighted by molar-refractivity contribution is -0.143. The molecule has 206 valence electrons. The highest BCUT2D eigenvalue weighted by atomic mass is 19.4. The van der Waals surface area contributed by atoms with Gasteiger partial charge in [0.25, 0.3) is 11.8 Å². The van der Waals surface area contributed by atoms with E-state index in [4.69, 9.17) is 5.73 Å². The Morgan fingerprint density at radius 3 is 2.35 bits per heavy atom. The molecule has 0 aliphatic heterocycles. The van der Waals surface area contributed by atoms with E-state index in [9.17, 15) is 32.4 Å². The van der Waals surface area contributed by atoms with E-state index in [-0.39, 0.29) is 27.3 Å². The smallest absolute Gasteiger partial charge is 0.388 e. The molecule has 13 nitrogen and oxygen atoms in total. The maximum Gasteiger partial charge on any atom is 0.434 e. The molecule has 0 bridgehead atoms. The summed E-state index contributed by atoms with van der Waals surface area (Å²) in [5.74, 6) is -3.89. The van der Waals surface area contributed by atoms with Crippen LogP contribution in [0, 0.1) is 17.1 Å². The van der Waals surface area contributed by atoms with E-state index in [1.807, 2.05) is 6.07 Å². The molecule has 40 heavy (non-hydrogen) atoms. The molecule has 2 amide bonds. The van der Waals surface area contributed by atoms with Gasteiger partial charge >= 0.3 is 12.3 Å². The van der Waals surface area contributed by atoms with Crippen LogP contribution in [-0.2, 0) is 11.6 Å². The molecule has 0 unspecified atom stereocenters. The number of amides is 2. The molecular formula is C23H18F4N10O3. The number of nitrogens with zero attached hydrogens (tertiary/aromatic N) is 8. The lowest BCUT2D eigenvalue weighted by Crippen LogP contribution is -2.24. The van der Waals surface area contributed by atoms with Crippen LogP contribution in [0.4, 0.5) is 28.0 Å². The zero-order valence-electron chi connectivity index (χ0n) is 20.9. The average Bonchev–Trinajstić information content (AvgIpc) is 3.54. The van der Waals surface area contributed by atoms with E-state index in [1.165, 1.54) is 18.5 Å². The van der Waals surface area contributed by atoms with Gasteiger partial charge in [-0.25, -0.2) is 18.9 Å². The maximum absolute atomic E-state index is 15.0. The normalized spacial score (nSPS) is 11.7. The van der Waals surface area contributed by atoms with Crippen LogP contribution >= 0.6 is 0 Å². The van der Waals surface area contributed by atoms with Crippen molar-refractivity contribution in [2.75, 3.05) is 5.32 Å². The monoisotopic (exact) mass is 558 g/mol. The molecule has 4 rings (SSSR count). The number of aromatic nitrogens is 7. The number of pyridine rings is 2. The van der Waals surface area contributed by atoms with Gasteiger partial charge in [-0.1, -0.05) is 20.8 Å². The number of anilines is 1. The number of carbonyl (C=O) groups excluding carboxylic acids is 2. The highest BCUT2D eigenvalue weighted by Crippen LogP contribution is 2.36. The Bertz CT molecular complexity index is 1650. The Hall–Kier alpha value is -5.40. The van der Waals surface area contributed by atoms with Gasteiger partial charge in [-0.05, 0) is 17.5 Å². The average molecular weight is 558 g/mol. The van der Waals surface area contributed by atoms with E-state index in [0.717, 1.165) is 17.1 Å². The van der Waals surface area contributed by atoms with Gasteiger partial charge in [0.2, 0.25) is 0 Å². The van der Waals surface area contributed by atoms with Crippen LogP contribution in [0.2, 0.25) is 0 Å². The second-order valence-electron chi connectivity index (χ2n) is 9.11. The second kappa shape index (κ2) is 10.1. The molecule has 0 atom stereocenters. The Kier molecular flexibility index (Phi) is 6.94. The van der Waals surface area contributed by atoms with Crippen LogP contribution in [-0.4, -0.2) is 46.7 Å². The van der Waals surface area contributed by atoms with Gasteiger partial charge in [0.05, 0.1) is 36.0 Å². The largest absolute Gasteiger partial charge is 0.434 e. The molecule has 0 aromatic carbocycles. The number of halogens is 4. The number of hydrogen-bond acceptors (Lipinski definition) is 9. The third-order valence-corrected chi connectivity index (χ3v) is 5.27. The van der Waals surface area contributed by atoms with E-state index >= 15 is 0 Å². The number of primary amides is 1. The van der Waals surface area contributed by atoms with Crippen LogP contribution in [0.5, 0.6) is 5.88 Å². The highest BCUT2D eigenvalue weighted by Gasteiger charge is 2.41. The molecular weight excluding hydrogens is 540 g/mol. The first-order chi connectivity index (χ1) is 18.7. The standard InChI is InChI=1S/C23H18F4N10O3/c1-22(2,3)14-7-15(35-20(16(14)24)40-21(29)39)36-17(23(25,26)27)13(10-33-36)19(38)34-12-6-11(8-28)18(30-9-12)37-31-4-5-32-37/h4-7,9-10H,1-3H3,(H2,29,39)(H,34,38). The van der Waals surface area contributed by atoms with Crippen LogP contribution in [0.25, 0.3) is 11.6 Å². The van der Waals surface area contributed by atoms with E-state index < -0.39 is 52.4 Å². The van der Waals surface area contributed by atoms with Gasteiger partial charge in [0.15, 0.2) is 23.1 Å². The van der Waals surface area contributed by atoms with Gasteiger partial charge in [0.1, 0.15) is 11.6 Å². The summed E-state index contributed by atoms with van der Waals surface area (Å²) in [5, 5.41) is 23.1. The van der Waals surface area contributed by atoms with Crippen molar-refractivity contribution >= 4 is 17.7 Å². The summed E-state index contributed by atoms with van der Waals surface area (Å²) in [4.78, 5) is 32.9. The minimum atomic E-state index is -5.16. The molecule has 17 heteroatoms. The van der Waals surface area contributed by atoms with Crippen molar-refractivity contribution in [2.24, 2.45) is 5.73 Å². The number of nitriles is 1. The molecule has 0 spiro atoms. The summed E-state index contributed by atoms with van der Waals surface area (Å²) < 4.78 is 62.6. The van der Waals surface area contributed by atoms with E-state index in [1.54, 1.807) is 20.8 Å². The van der Waals surface area contributed by atoms with Gasteiger partial charge in [-0.15, -0.1) is 4.80 Å². The fourth-order valence-electron chi connectivity index (χ4n) is 3.56. The molecule has 0 aliphatic rings. The fourth-order valence-corrected chi connectivity index (χ4v) is 3.56. The number of alkyl halides is 3. The molecule has 4 heterocycles. The van der Waals surface area contributed by atoms with E-state index in [0.29, 0.717) is 6.20 Å². The topological polar surface area (TPSA) is 180 Å². The van der Waals surface area contributed by atoms with Crippen molar-refractivity contribution in [3.8, 4) is 23.6 Å². The summed E-state index contributed by atoms with van der Waals surface area (Å²) >= 11 is 0. The van der Waals surface area contributed by atoms with Crippen LogP contribution in [0.15, 0.2) is 36.9 Å². The Balaban J connectivity index is 1.78. The number of nitrogens with one attached hydrogen (secondary N) is 1. The number of carbonyl (C=O) groups is 2. The molecule has 0 radical (unpaired) electrons. The van der Waals surface area contributed by atoms with Gasteiger partial charge in [-0.2, -0.15) is 38.7 Å². The Morgan fingerprint density at radius 1 is 1.10 bits per heavy atom. The lowest BCUT2D eigenvalue weighted by atomic mass is 9.87. The number of rotatable bonds is 5. The summed E-state index contributed by atoms with van der Waals surface area (Å²) in [6, 6.07) is 4.00. The van der Waals surface area contributed by atoms with Crippen LogP contribution < -0.4 is 15.8 Å². The summed E-state index contributed by atoms with van der Waals surface area (Å²) in [7, 11) is 0. The fraction of sp³-hybridized carbons (Fsp3) is 0.217. The SMILES string of the molecule is CC(C)(C)c1cc(-n2ncc(C(=O)Nc3cnc(-n4nccn4)c(C#N)c3)c2C(F)(F)F)nc(OC(N)=O)c1F. The summed E-state index contributed by atoms with van der Waals surface area (Å²) in [5.41, 5.74) is 1.15. The predicted molar refractivity (Wildman–Crippen MR) is 127 cm³/mol. The van der Waals surface area contributed by atoms with Crippen molar-refractivity contribution in [3.05, 3.63) is 65.1 Å². The lowest BCUT2D eigenvalue weighted by Gasteiger charge is -2.22. The molecule has 4 aromatic rings. The first-order valence-electron chi connectivity index (χ1n) is 11.1. The first kappa shape index (κ1) is 27.6. The minimum absolute atomic E-state index is 0.0281. The second-order valence-corrected chi connectivity index (χ2v) is 9.11. The van der Waals surface area contributed by atoms with Gasteiger partial charge in [-0.3, -0.25) is 4.79 Å². The van der Waals surface area contributed by atoms with Gasteiger partial charge < -0.3 is 15.8 Å². The van der Waals surface area contributed by atoms with Crippen LogP contribution in [0.1, 0.15) is 48.0 Å². The molecule has 0 aliphatic carbocycles. The van der Waals surface area contributed by atoms with Crippen molar-refractivity contribution in [3.63, 3.8) is 0 Å². The van der Waals surface area contributed by atoms with Crippen molar-refractivity contribution in [1.82, 2.24) is 34.7 Å². The molecule has 0 fully saturated rings. The third-order valence-electron chi connectivity index (χ3n) is 5.27. The number of nitrogens with two attached hydrogens (primary N) is 1. The third kappa shape index (κ3) is 5.41. The first-order valence-corrected chi connectivity index (χ1v) is 11.1. The Morgan fingerprint density at radius 2 is 1.77 bits per heavy atom. The predicted octanol–water partition coefficient (Wildman–Crippen LogP) is 3.28. The molecule has 0 saturated carbocycles. The number of ether oxygens (including phenoxy) is 1. The van der Waals surface area contributed by atoms with Crippen molar-refractivity contribution < 1.29 is 31.9 Å². The molecule has 0 saturated heterocycles. The Labute approximate surface area is 222 Å². The van der Waals surface area contributed by atoms with Crippen molar-refractivity contribution in [2.45, 2.75) is 32.4 Å². The highest BCUT2D eigenvalue weighted by molar-refractivity contribution is 6.05. The quantitative estimate of drug-likeness (QED) is 0.348. The van der Waals surface area contributed by atoms with Crippen LogP contribution in [0.3, 0.4) is 0 Å². The summed E-state index contributed by atoms with van der Waals surface area (Å²) in [6.45, 7) is 4.69.